The van der Waals surface area contributed by atoms with E-state index in [1.165, 1.54) is 48.9 Å². The number of fused-ring (bicyclic) bond motifs is 12. The molecule has 4 heterocycles. The second-order valence-electron chi connectivity index (χ2n) is 10.2. The summed E-state index contributed by atoms with van der Waals surface area (Å²) in [7, 11) is 1.79. The van der Waals surface area contributed by atoms with E-state index in [0.717, 1.165) is 28.1 Å². The maximum atomic E-state index is 5.13. The Balaban J connectivity index is 1.56. The number of aliphatic imine (C=N–C) groups is 1. The van der Waals surface area contributed by atoms with E-state index in [0.29, 0.717) is 0 Å². The fourth-order valence-corrected chi connectivity index (χ4v) is 6.43. The van der Waals surface area contributed by atoms with Crippen molar-refractivity contribution in [1.82, 2.24) is 14.0 Å². The summed E-state index contributed by atoms with van der Waals surface area (Å²) in [6, 6.07) is 39.2. The molecule has 0 bridgehead atoms. The van der Waals surface area contributed by atoms with Crippen LogP contribution in [-0.2, 0) is 0 Å². The molecule has 0 aliphatic carbocycles. The number of aromatic nitrogens is 3. The van der Waals surface area contributed by atoms with Crippen LogP contribution in [0.1, 0.15) is 12.6 Å². The van der Waals surface area contributed by atoms with Gasteiger partial charge in [0.25, 0.3) is 0 Å². The molecular formula is C36H26N4. The van der Waals surface area contributed by atoms with Crippen molar-refractivity contribution in [1.29, 1.82) is 0 Å². The molecule has 0 amide bonds. The summed E-state index contributed by atoms with van der Waals surface area (Å²) < 4.78 is 4.72. The first-order valence-electron chi connectivity index (χ1n) is 13.6. The Morgan fingerprint density at radius 3 is 2.15 bits per heavy atom. The molecule has 4 heteroatoms. The van der Waals surface area contributed by atoms with Crippen LogP contribution in [0.5, 0.6) is 0 Å². The lowest BCUT2D eigenvalue weighted by molar-refractivity contribution is 1.07. The minimum absolute atomic E-state index is 0.894. The standard InChI is InChI=1S/C36H26N4/c1-3-23(22-37-2)28-14-10-18-34(38-28)40-31-17-9-6-13-26(31)36-32(40)20-19-27-33-21-24-11-4-7-15-29(24)39(33)30-16-8-5-12-25(30)35(27)36/h3-22H,1-2H3/b23-3+,37-22?. The van der Waals surface area contributed by atoms with Crippen LogP contribution in [0.25, 0.3) is 71.3 Å². The van der Waals surface area contributed by atoms with Crippen LogP contribution < -0.4 is 0 Å². The first kappa shape index (κ1) is 22.7. The van der Waals surface area contributed by atoms with Crippen molar-refractivity contribution < 1.29 is 0 Å². The SMILES string of the molecule is C/C=C(\C=NC)c1cccc(-n2c3ccccc3c3c4c5ccccc5n5c6ccccc6cc5c4ccc32)n1. The van der Waals surface area contributed by atoms with Crippen LogP contribution in [0.3, 0.4) is 0 Å². The topological polar surface area (TPSA) is 34.6 Å². The van der Waals surface area contributed by atoms with Crippen molar-refractivity contribution >= 4 is 71.7 Å². The van der Waals surface area contributed by atoms with E-state index in [2.05, 4.69) is 123 Å². The van der Waals surface area contributed by atoms with Crippen molar-refractivity contribution in [2.45, 2.75) is 6.92 Å². The van der Waals surface area contributed by atoms with E-state index in [-0.39, 0.29) is 0 Å². The van der Waals surface area contributed by atoms with Gasteiger partial charge >= 0.3 is 0 Å². The average Bonchev–Trinajstić information content (AvgIpc) is 3.56. The molecule has 8 rings (SSSR count). The predicted octanol–water partition coefficient (Wildman–Crippen LogP) is 8.99. The minimum atomic E-state index is 0.894. The van der Waals surface area contributed by atoms with Gasteiger partial charge in [0.15, 0.2) is 0 Å². The molecule has 0 aliphatic heterocycles. The van der Waals surface area contributed by atoms with E-state index < -0.39 is 0 Å². The highest BCUT2D eigenvalue weighted by molar-refractivity contribution is 6.31. The van der Waals surface area contributed by atoms with Crippen molar-refractivity contribution in [2.24, 2.45) is 4.99 Å². The highest BCUT2D eigenvalue weighted by Crippen LogP contribution is 2.42. The maximum Gasteiger partial charge on any atom is 0.138 e. The quantitative estimate of drug-likeness (QED) is 0.171. The Hall–Kier alpha value is -5.22. The van der Waals surface area contributed by atoms with Gasteiger partial charge in [0.1, 0.15) is 5.82 Å². The van der Waals surface area contributed by atoms with Crippen LogP contribution in [-0.4, -0.2) is 27.2 Å². The number of nitrogens with zero attached hydrogens (tertiary/aromatic N) is 4. The largest absolute Gasteiger partial charge is 0.309 e. The molecular weight excluding hydrogens is 488 g/mol. The normalized spacial score (nSPS) is 12.8. The molecule has 0 fully saturated rings. The Bertz CT molecular complexity index is 2350. The number of para-hydroxylation sites is 3. The predicted molar refractivity (Wildman–Crippen MR) is 170 cm³/mol. The molecule has 4 nitrogen and oxygen atoms in total. The lowest BCUT2D eigenvalue weighted by Crippen LogP contribution is -2.00. The van der Waals surface area contributed by atoms with Gasteiger partial charge in [-0.1, -0.05) is 72.8 Å². The van der Waals surface area contributed by atoms with Crippen molar-refractivity contribution in [3.05, 3.63) is 121 Å². The minimum Gasteiger partial charge on any atom is -0.309 e. The molecule has 0 atom stereocenters. The second-order valence-corrected chi connectivity index (χ2v) is 10.2. The zero-order chi connectivity index (χ0) is 26.8. The molecule has 0 spiro atoms. The van der Waals surface area contributed by atoms with Crippen molar-refractivity contribution in [3.8, 4) is 5.82 Å². The van der Waals surface area contributed by atoms with Gasteiger partial charge in [-0.3, -0.25) is 9.56 Å². The van der Waals surface area contributed by atoms with Gasteiger partial charge in [0, 0.05) is 51.2 Å². The third-order valence-electron chi connectivity index (χ3n) is 8.08. The lowest BCUT2D eigenvalue weighted by Gasteiger charge is -2.12. The monoisotopic (exact) mass is 514 g/mol. The molecule has 4 aromatic heterocycles. The third kappa shape index (κ3) is 3.07. The molecule has 4 aromatic carbocycles. The first-order chi connectivity index (χ1) is 19.8. The molecule has 40 heavy (non-hydrogen) atoms. The van der Waals surface area contributed by atoms with E-state index in [4.69, 9.17) is 4.98 Å². The highest BCUT2D eigenvalue weighted by atomic mass is 15.1. The van der Waals surface area contributed by atoms with Gasteiger partial charge < -0.3 is 4.40 Å². The molecule has 0 N–H and O–H groups in total. The van der Waals surface area contributed by atoms with E-state index in [1.807, 2.05) is 19.2 Å². The smallest absolute Gasteiger partial charge is 0.138 e. The van der Waals surface area contributed by atoms with E-state index in [1.54, 1.807) is 7.05 Å². The Kier molecular flexibility index (Phi) is 4.92. The molecule has 0 aliphatic rings. The molecule has 190 valence electrons. The zero-order valence-corrected chi connectivity index (χ0v) is 22.3. The number of pyridine rings is 2. The van der Waals surface area contributed by atoms with Gasteiger partial charge in [-0.2, -0.15) is 0 Å². The molecule has 0 unspecified atom stereocenters. The summed E-state index contributed by atoms with van der Waals surface area (Å²) in [6.45, 7) is 2.02. The fourth-order valence-electron chi connectivity index (χ4n) is 6.43. The first-order valence-corrected chi connectivity index (χ1v) is 13.6. The number of hydrogen-bond acceptors (Lipinski definition) is 2. The third-order valence-corrected chi connectivity index (χ3v) is 8.08. The Morgan fingerprint density at radius 1 is 0.650 bits per heavy atom. The zero-order valence-electron chi connectivity index (χ0n) is 22.3. The van der Waals surface area contributed by atoms with Crippen LogP contribution >= 0.6 is 0 Å². The van der Waals surface area contributed by atoms with Crippen LogP contribution in [0.2, 0.25) is 0 Å². The summed E-state index contributed by atoms with van der Waals surface area (Å²) in [5.74, 6) is 0.894. The van der Waals surface area contributed by atoms with Gasteiger partial charge in [0.05, 0.1) is 33.3 Å². The van der Waals surface area contributed by atoms with Gasteiger partial charge in [-0.25, -0.2) is 4.98 Å². The van der Waals surface area contributed by atoms with Crippen LogP contribution in [0.4, 0.5) is 0 Å². The second kappa shape index (κ2) is 8.65. The van der Waals surface area contributed by atoms with Crippen LogP contribution in [0, 0.1) is 0 Å². The fraction of sp³-hybridized carbons (Fsp3) is 0.0556. The molecule has 0 saturated heterocycles. The highest BCUT2D eigenvalue weighted by Gasteiger charge is 2.20. The average molecular weight is 515 g/mol. The van der Waals surface area contributed by atoms with E-state index in [9.17, 15) is 0 Å². The lowest BCUT2D eigenvalue weighted by atomic mass is 9.99. The van der Waals surface area contributed by atoms with Gasteiger partial charge in [-0.15, -0.1) is 0 Å². The van der Waals surface area contributed by atoms with Gasteiger partial charge in [-0.05, 0) is 49.4 Å². The number of benzene rings is 4. The van der Waals surface area contributed by atoms with Crippen molar-refractivity contribution in [3.63, 3.8) is 0 Å². The van der Waals surface area contributed by atoms with Crippen LogP contribution in [0.15, 0.2) is 120 Å². The summed E-state index contributed by atoms with van der Waals surface area (Å²) in [5, 5.41) is 7.51. The number of allylic oxidation sites excluding steroid dienone is 2. The summed E-state index contributed by atoms with van der Waals surface area (Å²) >= 11 is 0. The Labute approximate surface area is 231 Å². The summed E-state index contributed by atoms with van der Waals surface area (Å²) in [4.78, 5) is 9.36. The molecule has 0 radical (unpaired) electrons. The Morgan fingerprint density at radius 2 is 1.35 bits per heavy atom. The number of rotatable bonds is 3. The number of hydrogen-bond donors (Lipinski definition) is 0. The summed E-state index contributed by atoms with van der Waals surface area (Å²) in [5.41, 5.74) is 7.88. The summed E-state index contributed by atoms with van der Waals surface area (Å²) in [6.07, 6.45) is 3.92. The van der Waals surface area contributed by atoms with E-state index >= 15 is 0 Å². The maximum absolute atomic E-state index is 5.13. The van der Waals surface area contributed by atoms with Gasteiger partial charge in [0.2, 0.25) is 0 Å². The van der Waals surface area contributed by atoms with Crippen molar-refractivity contribution in [2.75, 3.05) is 7.05 Å². The molecule has 0 saturated carbocycles. The molecule has 8 aromatic rings.